The zero-order valence-corrected chi connectivity index (χ0v) is 10.0. The molecule has 2 heteroatoms. The molecular formula is C13H20N2. The number of hydrogen-bond donors (Lipinski definition) is 1. The van der Waals surface area contributed by atoms with Gasteiger partial charge in [-0.15, -0.1) is 0 Å². The summed E-state index contributed by atoms with van der Waals surface area (Å²) in [5.41, 5.74) is 9.74. The zero-order chi connectivity index (χ0) is 11.2. The van der Waals surface area contributed by atoms with E-state index in [0.29, 0.717) is 11.3 Å². The van der Waals surface area contributed by atoms with Crippen molar-refractivity contribution in [1.82, 2.24) is 0 Å². The van der Waals surface area contributed by atoms with Crippen LogP contribution in [0, 0.1) is 5.41 Å². The van der Waals surface area contributed by atoms with E-state index in [0.717, 1.165) is 12.2 Å². The Bertz CT molecular complexity index is 377. The van der Waals surface area contributed by atoms with Crippen LogP contribution in [0.2, 0.25) is 0 Å². The topological polar surface area (TPSA) is 29.3 Å². The molecule has 0 bridgehead atoms. The fourth-order valence-electron chi connectivity index (χ4n) is 2.40. The van der Waals surface area contributed by atoms with Crippen molar-refractivity contribution in [3.8, 4) is 0 Å². The molecule has 0 aromatic heterocycles. The third kappa shape index (κ3) is 1.69. The Morgan fingerprint density at radius 1 is 1.33 bits per heavy atom. The van der Waals surface area contributed by atoms with Crippen LogP contribution in [0.15, 0.2) is 18.2 Å². The van der Waals surface area contributed by atoms with Crippen molar-refractivity contribution in [2.75, 3.05) is 24.2 Å². The van der Waals surface area contributed by atoms with Crippen LogP contribution in [-0.2, 0) is 0 Å². The molecule has 1 aromatic rings. The van der Waals surface area contributed by atoms with Crippen molar-refractivity contribution in [3.63, 3.8) is 0 Å². The normalized spacial score (nSPS) is 20.5. The average Bonchev–Trinajstić information content (AvgIpc) is 2.43. The molecule has 0 fully saturated rings. The van der Waals surface area contributed by atoms with Crippen molar-refractivity contribution >= 4 is 11.4 Å². The quantitative estimate of drug-likeness (QED) is 0.658. The van der Waals surface area contributed by atoms with E-state index in [2.05, 4.69) is 44.9 Å². The summed E-state index contributed by atoms with van der Waals surface area (Å²) in [6.45, 7) is 8.01. The second-order valence-corrected chi connectivity index (χ2v) is 5.62. The number of nitrogens with zero attached hydrogens (tertiary/aromatic N) is 1. The molecule has 0 saturated heterocycles. The molecule has 15 heavy (non-hydrogen) atoms. The predicted molar refractivity (Wildman–Crippen MR) is 66.3 cm³/mol. The summed E-state index contributed by atoms with van der Waals surface area (Å²) in [6.07, 6.45) is 0. The molecule has 1 aliphatic rings. The molecule has 2 nitrogen and oxygen atoms in total. The lowest BCUT2D eigenvalue weighted by molar-refractivity contribution is 0.334. The summed E-state index contributed by atoms with van der Waals surface area (Å²) < 4.78 is 0. The number of fused-ring (bicyclic) bond motifs is 1. The molecule has 82 valence electrons. The average molecular weight is 204 g/mol. The summed E-state index contributed by atoms with van der Waals surface area (Å²) in [7, 11) is 2.14. The molecule has 2 rings (SSSR count). The minimum Gasteiger partial charge on any atom is -0.399 e. The van der Waals surface area contributed by atoms with Gasteiger partial charge in [0.2, 0.25) is 0 Å². The Morgan fingerprint density at radius 3 is 2.60 bits per heavy atom. The lowest BCUT2D eigenvalue weighted by Gasteiger charge is -2.27. The third-order valence-electron chi connectivity index (χ3n) is 3.34. The highest BCUT2D eigenvalue weighted by Crippen LogP contribution is 2.45. The van der Waals surface area contributed by atoms with Crippen molar-refractivity contribution < 1.29 is 0 Å². The van der Waals surface area contributed by atoms with Gasteiger partial charge in [-0.1, -0.05) is 26.8 Å². The molecule has 2 N–H and O–H groups in total. The van der Waals surface area contributed by atoms with Gasteiger partial charge in [0.05, 0.1) is 0 Å². The van der Waals surface area contributed by atoms with E-state index in [4.69, 9.17) is 5.73 Å². The number of nitrogen functional groups attached to an aromatic ring is 1. The van der Waals surface area contributed by atoms with Crippen molar-refractivity contribution in [2.24, 2.45) is 5.41 Å². The highest BCUT2D eigenvalue weighted by atomic mass is 15.1. The van der Waals surface area contributed by atoms with Crippen molar-refractivity contribution in [3.05, 3.63) is 23.8 Å². The molecule has 0 aliphatic carbocycles. The number of rotatable bonds is 0. The maximum Gasteiger partial charge on any atom is 0.0420 e. The van der Waals surface area contributed by atoms with Gasteiger partial charge in [-0.3, -0.25) is 0 Å². The Hall–Kier alpha value is -1.18. The van der Waals surface area contributed by atoms with Crippen LogP contribution in [0.3, 0.4) is 0 Å². The van der Waals surface area contributed by atoms with Crippen LogP contribution >= 0.6 is 0 Å². The van der Waals surface area contributed by atoms with Gasteiger partial charge < -0.3 is 10.6 Å². The number of likely N-dealkylation sites (N-methyl/N-ethyl adjacent to an activating group) is 1. The van der Waals surface area contributed by atoms with Gasteiger partial charge >= 0.3 is 0 Å². The zero-order valence-electron chi connectivity index (χ0n) is 10.0. The lowest BCUT2D eigenvalue weighted by Crippen LogP contribution is -2.24. The molecule has 1 unspecified atom stereocenters. The molecule has 0 saturated carbocycles. The van der Waals surface area contributed by atoms with E-state index in [-0.39, 0.29) is 0 Å². The molecular weight excluding hydrogens is 184 g/mol. The lowest BCUT2D eigenvalue weighted by atomic mass is 9.78. The van der Waals surface area contributed by atoms with Crippen molar-refractivity contribution in [2.45, 2.75) is 26.7 Å². The van der Waals surface area contributed by atoms with Gasteiger partial charge in [0.25, 0.3) is 0 Å². The van der Waals surface area contributed by atoms with Crippen LogP contribution in [-0.4, -0.2) is 13.6 Å². The molecule has 1 atom stereocenters. The van der Waals surface area contributed by atoms with Gasteiger partial charge in [0, 0.05) is 30.9 Å². The summed E-state index contributed by atoms with van der Waals surface area (Å²) >= 11 is 0. The Labute approximate surface area is 92.1 Å². The third-order valence-corrected chi connectivity index (χ3v) is 3.34. The maximum atomic E-state index is 5.82. The number of benzene rings is 1. The molecule has 0 spiro atoms. The Morgan fingerprint density at radius 2 is 2.00 bits per heavy atom. The highest BCUT2D eigenvalue weighted by Gasteiger charge is 2.34. The van der Waals surface area contributed by atoms with E-state index < -0.39 is 0 Å². The largest absolute Gasteiger partial charge is 0.399 e. The number of hydrogen-bond acceptors (Lipinski definition) is 2. The molecule has 1 aromatic carbocycles. The smallest absolute Gasteiger partial charge is 0.0420 e. The number of nitrogens with two attached hydrogens (primary N) is 1. The summed E-state index contributed by atoms with van der Waals surface area (Å²) in [5, 5.41) is 0. The van der Waals surface area contributed by atoms with Gasteiger partial charge in [0.1, 0.15) is 0 Å². The minimum atomic E-state index is 0.315. The van der Waals surface area contributed by atoms with Crippen molar-refractivity contribution in [1.29, 1.82) is 0 Å². The first-order valence-electron chi connectivity index (χ1n) is 5.50. The highest BCUT2D eigenvalue weighted by molar-refractivity contribution is 5.65. The van der Waals surface area contributed by atoms with Gasteiger partial charge in [-0.2, -0.15) is 0 Å². The molecule has 0 radical (unpaired) electrons. The fourth-order valence-corrected chi connectivity index (χ4v) is 2.40. The van der Waals surface area contributed by atoms with Crippen LogP contribution < -0.4 is 10.6 Å². The van der Waals surface area contributed by atoms with Gasteiger partial charge in [0.15, 0.2) is 0 Å². The van der Waals surface area contributed by atoms with E-state index >= 15 is 0 Å². The first-order chi connectivity index (χ1) is 6.89. The van der Waals surface area contributed by atoms with E-state index in [1.807, 2.05) is 6.07 Å². The number of anilines is 2. The SMILES string of the molecule is CN1CC(C(C)(C)C)c2ccc(N)cc21. The Balaban J connectivity index is 2.47. The fraction of sp³-hybridized carbons (Fsp3) is 0.538. The first kappa shape index (κ1) is 10.3. The molecule has 1 heterocycles. The summed E-state index contributed by atoms with van der Waals surface area (Å²) in [4.78, 5) is 2.31. The van der Waals surface area contributed by atoms with E-state index in [1.165, 1.54) is 11.3 Å². The molecule has 1 aliphatic heterocycles. The monoisotopic (exact) mass is 204 g/mol. The van der Waals surface area contributed by atoms with E-state index in [9.17, 15) is 0 Å². The minimum absolute atomic E-state index is 0.315. The predicted octanol–water partition coefficient (Wildman–Crippen LogP) is 2.85. The van der Waals surface area contributed by atoms with Crippen LogP contribution in [0.25, 0.3) is 0 Å². The van der Waals surface area contributed by atoms with Gasteiger partial charge in [-0.05, 0) is 23.1 Å². The van der Waals surface area contributed by atoms with E-state index in [1.54, 1.807) is 0 Å². The summed E-state index contributed by atoms with van der Waals surface area (Å²) in [5.74, 6) is 0.609. The van der Waals surface area contributed by atoms with Gasteiger partial charge in [-0.25, -0.2) is 0 Å². The second kappa shape index (κ2) is 3.16. The maximum absolute atomic E-state index is 5.82. The standard InChI is InChI=1S/C13H20N2/c1-13(2,3)11-8-15(4)12-7-9(14)5-6-10(11)12/h5-7,11H,8,14H2,1-4H3. The first-order valence-corrected chi connectivity index (χ1v) is 5.50. The van der Waals surface area contributed by atoms with Crippen LogP contribution in [0.5, 0.6) is 0 Å². The molecule has 0 amide bonds. The van der Waals surface area contributed by atoms with Crippen LogP contribution in [0.4, 0.5) is 11.4 Å². The van der Waals surface area contributed by atoms with Crippen LogP contribution in [0.1, 0.15) is 32.3 Å². The summed E-state index contributed by atoms with van der Waals surface area (Å²) in [6, 6.07) is 6.28. The Kier molecular flexibility index (Phi) is 2.18. The second-order valence-electron chi connectivity index (χ2n) is 5.62.